The highest BCUT2D eigenvalue weighted by Gasteiger charge is 2.60. The third-order valence-corrected chi connectivity index (χ3v) is 9.31. The SMILES string of the molecule is CC12CCCCC1CCC1C2CCC2(C)C(C(O)CO)CCC12. The third-order valence-electron chi connectivity index (χ3n) is 9.31. The van der Waals surface area contributed by atoms with E-state index in [2.05, 4.69) is 13.8 Å². The van der Waals surface area contributed by atoms with Crippen molar-refractivity contribution in [1.29, 1.82) is 0 Å². The fourth-order valence-corrected chi connectivity index (χ4v) is 8.10. The molecule has 8 atom stereocenters. The number of aliphatic hydroxyl groups excluding tert-OH is 2. The molecule has 4 aliphatic rings. The first-order valence-corrected chi connectivity index (χ1v) is 10.3. The summed E-state index contributed by atoms with van der Waals surface area (Å²) in [4.78, 5) is 0. The molecule has 4 fully saturated rings. The zero-order chi connectivity index (χ0) is 16.2. The van der Waals surface area contributed by atoms with Crippen LogP contribution in [0.5, 0.6) is 0 Å². The highest BCUT2D eigenvalue weighted by atomic mass is 16.3. The monoisotopic (exact) mass is 320 g/mol. The minimum Gasteiger partial charge on any atom is -0.394 e. The summed E-state index contributed by atoms with van der Waals surface area (Å²) in [6.07, 6.45) is 13.3. The molecule has 0 aromatic heterocycles. The number of fused-ring (bicyclic) bond motifs is 5. The van der Waals surface area contributed by atoms with E-state index >= 15 is 0 Å². The molecule has 23 heavy (non-hydrogen) atoms. The Morgan fingerprint density at radius 1 is 0.870 bits per heavy atom. The highest BCUT2D eigenvalue weighted by molar-refractivity contribution is 5.09. The average Bonchev–Trinajstić information content (AvgIpc) is 2.91. The maximum atomic E-state index is 10.3. The van der Waals surface area contributed by atoms with E-state index in [4.69, 9.17) is 0 Å². The standard InChI is InChI=1S/C21H36O2/c1-20-11-4-3-5-14(20)6-7-15-16-8-9-18(19(23)13-22)21(16,2)12-10-17(15)20/h14-19,22-23H,3-13H2,1-2H3. The molecule has 2 heteroatoms. The van der Waals surface area contributed by atoms with Gasteiger partial charge < -0.3 is 10.2 Å². The molecule has 4 aliphatic carbocycles. The van der Waals surface area contributed by atoms with Crippen LogP contribution in [0.25, 0.3) is 0 Å². The molecular formula is C21H36O2. The molecule has 0 amide bonds. The lowest BCUT2D eigenvalue weighted by atomic mass is 9.45. The van der Waals surface area contributed by atoms with Crippen molar-refractivity contribution in [2.75, 3.05) is 6.61 Å². The van der Waals surface area contributed by atoms with Crippen molar-refractivity contribution >= 4 is 0 Å². The normalized spacial score (nSPS) is 54.0. The van der Waals surface area contributed by atoms with Crippen LogP contribution in [0.2, 0.25) is 0 Å². The van der Waals surface area contributed by atoms with E-state index in [1.807, 2.05) is 0 Å². The van der Waals surface area contributed by atoms with Crippen LogP contribution in [0.4, 0.5) is 0 Å². The number of aliphatic hydroxyl groups is 2. The Hall–Kier alpha value is -0.0800. The molecule has 0 aliphatic heterocycles. The quantitative estimate of drug-likeness (QED) is 0.792. The molecule has 0 heterocycles. The molecule has 0 bridgehead atoms. The van der Waals surface area contributed by atoms with Gasteiger partial charge in [-0.15, -0.1) is 0 Å². The molecule has 132 valence electrons. The van der Waals surface area contributed by atoms with Crippen LogP contribution >= 0.6 is 0 Å². The summed E-state index contributed by atoms with van der Waals surface area (Å²) in [5, 5.41) is 19.8. The fraction of sp³-hybridized carbons (Fsp3) is 1.00. The molecule has 4 saturated carbocycles. The molecule has 0 spiro atoms. The molecule has 2 N–H and O–H groups in total. The van der Waals surface area contributed by atoms with Crippen molar-refractivity contribution in [2.24, 2.45) is 40.4 Å². The number of hydrogen-bond donors (Lipinski definition) is 2. The Kier molecular flexibility index (Phi) is 4.08. The summed E-state index contributed by atoms with van der Waals surface area (Å²) < 4.78 is 0. The van der Waals surface area contributed by atoms with E-state index in [1.54, 1.807) is 0 Å². The Balaban J connectivity index is 1.60. The summed E-state index contributed by atoms with van der Waals surface area (Å²) in [6.45, 7) is 5.02. The van der Waals surface area contributed by atoms with Crippen molar-refractivity contribution < 1.29 is 10.2 Å². The maximum Gasteiger partial charge on any atom is 0.0804 e. The van der Waals surface area contributed by atoms with Gasteiger partial charge in [-0.05, 0) is 91.8 Å². The van der Waals surface area contributed by atoms with Gasteiger partial charge in [0.1, 0.15) is 0 Å². The minimum absolute atomic E-state index is 0.0547. The zero-order valence-electron chi connectivity index (χ0n) is 15.1. The summed E-state index contributed by atoms with van der Waals surface area (Å²) >= 11 is 0. The van der Waals surface area contributed by atoms with Crippen LogP contribution in [0.1, 0.15) is 78.1 Å². The second-order valence-electron chi connectivity index (χ2n) is 9.88. The highest BCUT2D eigenvalue weighted by Crippen LogP contribution is 2.67. The Labute approximate surface area is 142 Å². The van der Waals surface area contributed by atoms with E-state index in [0.717, 1.165) is 30.1 Å². The van der Waals surface area contributed by atoms with E-state index in [0.29, 0.717) is 11.3 Å². The first kappa shape index (κ1) is 16.4. The Morgan fingerprint density at radius 2 is 1.65 bits per heavy atom. The number of rotatable bonds is 2. The van der Waals surface area contributed by atoms with Crippen LogP contribution in [0, 0.1) is 40.4 Å². The van der Waals surface area contributed by atoms with Crippen LogP contribution in [-0.4, -0.2) is 22.9 Å². The topological polar surface area (TPSA) is 40.5 Å². The van der Waals surface area contributed by atoms with Crippen LogP contribution in [0.3, 0.4) is 0 Å². The van der Waals surface area contributed by atoms with Gasteiger partial charge in [-0.1, -0.05) is 26.7 Å². The van der Waals surface area contributed by atoms with Gasteiger partial charge in [-0.25, -0.2) is 0 Å². The maximum absolute atomic E-state index is 10.3. The molecule has 8 unspecified atom stereocenters. The minimum atomic E-state index is -0.497. The van der Waals surface area contributed by atoms with E-state index in [9.17, 15) is 10.2 Å². The molecule has 4 rings (SSSR count). The van der Waals surface area contributed by atoms with Crippen molar-refractivity contribution in [3.05, 3.63) is 0 Å². The summed E-state index contributed by atoms with van der Waals surface area (Å²) in [5.41, 5.74) is 0.886. The van der Waals surface area contributed by atoms with Gasteiger partial charge >= 0.3 is 0 Å². The van der Waals surface area contributed by atoms with Crippen LogP contribution < -0.4 is 0 Å². The first-order valence-electron chi connectivity index (χ1n) is 10.3. The Morgan fingerprint density at radius 3 is 2.43 bits per heavy atom. The van der Waals surface area contributed by atoms with Gasteiger partial charge in [0, 0.05) is 0 Å². The molecule has 0 aromatic rings. The van der Waals surface area contributed by atoms with Crippen LogP contribution in [-0.2, 0) is 0 Å². The lowest BCUT2D eigenvalue weighted by molar-refractivity contribution is -0.122. The average molecular weight is 321 g/mol. The van der Waals surface area contributed by atoms with Crippen LogP contribution in [0.15, 0.2) is 0 Å². The molecule has 0 saturated heterocycles. The van der Waals surface area contributed by atoms with Gasteiger partial charge in [-0.3, -0.25) is 0 Å². The fourth-order valence-electron chi connectivity index (χ4n) is 8.10. The predicted molar refractivity (Wildman–Crippen MR) is 92.9 cm³/mol. The lowest BCUT2D eigenvalue weighted by Gasteiger charge is -2.60. The largest absolute Gasteiger partial charge is 0.394 e. The van der Waals surface area contributed by atoms with Crippen molar-refractivity contribution in [2.45, 2.75) is 84.2 Å². The van der Waals surface area contributed by atoms with E-state index in [-0.39, 0.29) is 12.0 Å². The number of hydrogen-bond acceptors (Lipinski definition) is 2. The van der Waals surface area contributed by atoms with Crippen molar-refractivity contribution in [1.82, 2.24) is 0 Å². The van der Waals surface area contributed by atoms with E-state index in [1.165, 1.54) is 57.8 Å². The van der Waals surface area contributed by atoms with Gasteiger partial charge in [0.2, 0.25) is 0 Å². The second-order valence-corrected chi connectivity index (χ2v) is 9.88. The van der Waals surface area contributed by atoms with Gasteiger partial charge in [0.05, 0.1) is 12.7 Å². The first-order chi connectivity index (χ1) is 11.0. The summed E-state index contributed by atoms with van der Waals surface area (Å²) in [5.74, 6) is 3.94. The lowest BCUT2D eigenvalue weighted by Crippen LogP contribution is -2.53. The van der Waals surface area contributed by atoms with Crippen molar-refractivity contribution in [3.63, 3.8) is 0 Å². The van der Waals surface area contributed by atoms with Crippen molar-refractivity contribution in [3.8, 4) is 0 Å². The zero-order valence-corrected chi connectivity index (χ0v) is 15.1. The van der Waals surface area contributed by atoms with Gasteiger partial charge in [-0.2, -0.15) is 0 Å². The second kappa shape index (κ2) is 5.73. The Bertz CT molecular complexity index is 449. The molecule has 0 radical (unpaired) electrons. The third kappa shape index (κ3) is 2.27. The summed E-state index contributed by atoms with van der Waals surface area (Å²) in [7, 11) is 0. The van der Waals surface area contributed by atoms with E-state index < -0.39 is 6.10 Å². The molecule has 2 nitrogen and oxygen atoms in total. The molecular weight excluding hydrogens is 284 g/mol. The van der Waals surface area contributed by atoms with Gasteiger partial charge in [0.15, 0.2) is 0 Å². The summed E-state index contributed by atoms with van der Waals surface area (Å²) in [6, 6.07) is 0. The smallest absolute Gasteiger partial charge is 0.0804 e. The predicted octanol–water partition coefficient (Wildman–Crippen LogP) is 4.39. The van der Waals surface area contributed by atoms with Gasteiger partial charge in [0.25, 0.3) is 0 Å². The molecule has 0 aromatic carbocycles.